The zero-order chi connectivity index (χ0) is 12.4. The molecule has 1 heterocycles. The van der Waals surface area contributed by atoms with Gasteiger partial charge in [-0.1, -0.05) is 6.92 Å². The molecule has 1 saturated heterocycles. The van der Waals surface area contributed by atoms with Gasteiger partial charge in [-0.2, -0.15) is 0 Å². The molecule has 0 spiro atoms. The zero-order valence-electron chi connectivity index (χ0n) is 10.0. The maximum Gasteiger partial charge on any atom is 0.151 e. The molecule has 0 amide bonds. The summed E-state index contributed by atoms with van der Waals surface area (Å²) >= 11 is 0. The first kappa shape index (κ1) is 12.1. The highest BCUT2D eigenvalue weighted by Gasteiger charge is 2.24. The zero-order valence-corrected chi connectivity index (χ0v) is 10.0. The number of rotatable bonds is 2. The van der Waals surface area contributed by atoms with Crippen molar-refractivity contribution in [3.8, 4) is 0 Å². The fourth-order valence-corrected chi connectivity index (χ4v) is 2.55. The van der Waals surface area contributed by atoms with Crippen LogP contribution in [0.3, 0.4) is 0 Å². The van der Waals surface area contributed by atoms with Gasteiger partial charge in [0.15, 0.2) is 5.82 Å². The summed E-state index contributed by atoms with van der Waals surface area (Å²) in [6.07, 6.45) is 4.26. The molecule has 1 aromatic carbocycles. The molecule has 2 nitrogen and oxygen atoms in total. The maximum atomic E-state index is 13.4. The summed E-state index contributed by atoms with van der Waals surface area (Å²) in [6, 6.07) is 2.52. The minimum absolute atomic E-state index is 0.0618. The van der Waals surface area contributed by atoms with Crippen LogP contribution < -0.4 is 10.6 Å². The van der Waals surface area contributed by atoms with Gasteiger partial charge in [0.2, 0.25) is 0 Å². The Balaban J connectivity index is 2.37. The summed E-state index contributed by atoms with van der Waals surface area (Å²) in [5, 5.41) is 0. The molecule has 0 saturated carbocycles. The third kappa shape index (κ3) is 2.35. The first-order chi connectivity index (χ1) is 8.13. The van der Waals surface area contributed by atoms with Crippen LogP contribution in [0.2, 0.25) is 0 Å². The molecule has 2 N–H and O–H groups in total. The van der Waals surface area contributed by atoms with E-state index in [2.05, 4.69) is 6.92 Å². The molecule has 1 unspecified atom stereocenters. The van der Waals surface area contributed by atoms with Crippen molar-refractivity contribution in [2.45, 2.75) is 38.6 Å². The molecule has 0 aliphatic carbocycles. The van der Waals surface area contributed by atoms with Gasteiger partial charge in [0.05, 0.1) is 11.4 Å². The Morgan fingerprint density at radius 1 is 1.35 bits per heavy atom. The molecule has 0 aromatic heterocycles. The van der Waals surface area contributed by atoms with Crippen molar-refractivity contribution in [1.29, 1.82) is 0 Å². The Morgan fingerprint density at radius 2 is 2.12 bits per heavy atom. The van der Waals surface area contributed by atoms with Crippen LogP contribution in [0.4, 0.5) is 20.2 Å². The fourth-order valence-electron chi connectivity index (χ4n) is 2.55. The van der Waals surface area contributed by atoms with Crippen molar-refractivity contribution >= 4 is 11.4 Å². The van der Waals surface area contributed by atoms with Crippen LogP contribution >= 0.6 is 0 Å². The van der Waals surface area contributed by atoms with Crippen LogP contribution in [0.5, 0.6) is 0 Å². The standard InChI is InChI=1S/C13H18F2N2/c1-2-10-5-3-4-6-17(10)12-8-9(14)7-11(15)13(12)16/h7-8,10H,2-6,16H2,1H3. The highest BCUT2D eigenvalue weighted by Crippen LogP contribution is 2.33. The number of benzene rings is 1. The number of halogens is 2. The molecular formula is C13H18F2N2. The van der Waals surface area contributed by atoms with Gasteiger partial charge in [0, 0.05) is 18.7 Å². The second-order valence-corrected chi connectivity index (χ2v) is 4.57. The van der Waals surface area contributed by atoms with E-state index in [9.17, 15) is 8.78 Å². The Bertz CT molecular complexity index is 407. The largest absolute Gasteiger partial charge is 0.395 e. The highest BCUT2D eigenvalue weighted by atomic mass is 19.1. The van der Waals surface area contributed by atoms with Gasteiger partial charge in [-0.25, -0.2) is 8.78 Å². The van der Waals surface area contributed by atoms with E-state index in [-0.39, 0.29) is 5.69 Å². The summed E-state index contributed by atoms with van der Waals surface area (Å²) in [7, 11) is 0. The quantitative estimate of drug-likeness (QED) is 0.803. The van der Waals surface area contributed by atoms with E-state index in [4.69, 9.17) is 5.73 Å². The van der Waals surface area contributed by atoms with Gasteiger partial charge in [0.25, 0.3) is 0 Å². The van der Waals surface area contributed by atoms with Gasteiger partial charge < -0.3 is 10.6 Å². The predicted octanol–water partition coefficient (Wildman–Crippen LogP) is 3.32. The molecule has 1 aromatic rings. The van der Waals surface area contributed by atoms with Crippen LogP contribution in [0.1, 0.15) is 32.6 Å². The summed E-state index contributed by atoms with van der Waals surface area (Å²) in [5.74, 6) is -1.23. The Morgan fingerprint density at radius 3 is 2.82 bits per heavy atom. The number of hydrogen-bond acceptors (Lipinski definition) is 2. The lowest BCUT2D eigenvalue weighted by Crippen LogP contribution is -2.39. The van der Waals surface area contributed by atoms with Crippen molar-refractivity contribution < 1.29 is 8.78 Å². The monoisotopic (exact) mass is 240 g/mol. The highest BCUT2D eigenvalue weighted by molar-refractivity contribution is 5.68. The fraction of sp³-hybridized carbons (Fsp3) is 0.538. The van der Waals surface area contributed by atoms with Gasteiger partial charge in [0.1, 0.15) is 5.82 Å². The van der Waals surface area contributed by atoms with Crippen molar-refractivity contribution in [2.75, 3.05) is 17.2 Å². The van der Waals surface area contributed by atoms with Crippen molar-refractivity contribution in [3.63, 3.8) is 0 Å². The van der Waals surface area contributed by atoms with Gasteiger partial charge >= 0.3 is 0 Å². The normalized spacial score (nSPS) is 20.6. The lowest BCUT2D eigenvalue weighted by Gasteiger charge is -2.37. The summed E-state index contributed by atoms with van der Waals surface area (Å²) in [4.78, 5) is 2.05. The van der Waals surface area contributed by atoms with Crippen LogP contribution in [0.25, 0.3) is 0 Å². The molecule has 1 aliphatic heterocycles. The van der Waals surface area contributed by atoms with Crippen LogP contribution in [-0.4, -0.2) is 12.6 Å². The van der Waals surface area contributed by atoms with Gasteiger partial charge in [-0.3, -0.25) is 0 Å². The van der Waals surface area contributed by atoms with Crippen LogP contribution in [0.15, 0.2) is 12.1 Å². The number of nitrogens with zero attached hydrogens (tertiary/aromatic N) is 1. The second-order valence-electron chi connectivity index (χ2n) is 4.57. The van der Waals surface area contributed by atoms with Crippen molar-refractivity contribution in [3.05, 3.63) is 23.8 Å². The minimum atomic E-state index is -0.666. The molecule has 2 rings (SSSR count). The van der Waals surface area contributed by atoms with E-state index in [1.54, 1.807) is 0 Å². The van der Waals surface area contributed by atoms with Crippen LogP contribution in [-0.2, 0) is 0 Å². The third-order valence-corrected chi connectivity index (χ3v) is 3.48. The Kier molecular flexibility index (Phi) is 3.50. The Labute approximate surface area is 100 Å². The average molecular weight is 240 g/mol. The third-order valence-electron chi connectivity index (χ3n) is 3.48. The molecule has 1 fully saturated rings. The van der Waals surface area contributed by atoms with Crippen molar-refractivity contribution in [2.24, 2.45) is 0 Å². The predicted molar refractivity (Wildman–Crippen MR) is 66.0 cm³/mol. The molecule has 17 heavy (non-hydrogen) atoms. The lowest BCUT2D eigenvalue weighted by molar-refractivity contribution is 0.448. The van der Waals surface area contributed by atoms with E-state index < -0.39 is 11.6 Å². The average Bonchev–Trinajstić information content (AvgIpc) is 2.33. The Hall–Kier alpha value is -1.32. The molecule has 94 valence electrons. The van der Waals surface area contributed by atoms with E-state index in [0.29, 0.717) is 11.7 Å². The number of nitrogen functional groups attached to an aromatic ring is 1. The van der Waals surface area contributed by atoms with E-state index in [1.807, 2.05) is 4.90 Å². The molecule has 1 aliphatic rings. The maximum absolute atomic E-state index is 13.4. The molecule has 4 heteroatoms. The van der Waals surface area contributed by atoms with E-state index in [0.717, 1.165) is 31.9 Å². The summed E-state index contributed by atoms with van der Waals surface area (Å²) in [6.45, 7) is 2.92. The molecular weight excluding hydrogens is 222 g/mol. The van der Waals surface area contributed by atoms with Crippen molar-refractivity contribution in [1.82, 2.24) is 0 Å². The lowest BCUT2D eigenvalue weighted by atomic mass is 9.99. The minimum Gasteiger partial charge on any atom is -0.395 e. The van der Waals surface area contributed by atoms with E-state index in [1.165, 1.54) is 12.5 Å². The number of hydrogen-bond donors (Lipinski definition) is 1. The van der Waals surface area contributed by atoms with Crippen LogP contribution in [0, 0.1) is 11.6 Å². The SMILES string of the molecule is CCC1CCCCN1c1cc(F)cc(F)c1N. The van der Waals surface area contributed by atoms with Gasteiger partial charge in [-0.15, -0.1) is 0 Å². The number of anilines is 2. The molecule has 0 radical (unpaired) electrons. The molecule has 0 bridgehead atoms. The first-order valence-electron chi connectivity index (χ1n) is 6.14. The second kappa shape index (κ2) is 4.90. The smallest absolute Gasteiger partial charge is 0.151 e. The van der Waals surface area contributed by atoms with Gasteiger partial charge in [-0.05, 0) is 31.7 Å². The van der Waals surface area contributed by atoms with E-state index >= 15 is 0 Å². The summed E-state index contributed by atoms with van der Waals surface area (Å²) < 4.78 is 26.7. The number of nitrogens with two attached hydrogens (primary N) is 1. The topological polar surface area (TPSA) is 29.3 Å². The summed E-state index contributed by atoms with van der Waals surface area (Å²) in [5.41, 5.74) is 6.29. The molecule has 1 atom stereocenters. The number of piperidine rings is 1. The first-order valence-corrected chi connectivity index (χ1v) is 6.14.